The topological polar surface area (TPSA) is 75.6 Å². The van der Waals surface area contributed by atoms with Crippen LogP contribution in [0.25, 0.3) is 0 Å². The van der Waals surface area contributed by atoms with Crippen molar-refractivity contribution in [2.24, 2.45) is 0 Å². The number of nitrogens with one attached hydrogen (secondary N) is 1. The van der Waals surface area contributed by atoms with Crippen molar-refractivity contribution in [1.29, 1.82) is 0 Å². The molecule has 0 fully saturated rings. The van der Waals surface area contributed by atoms with Crippen LogP contribution >= 0.6 is 23.2 Å². The number of carbonyl (C=O) groups excluding carboxylic acids is 1. The monoisotopic (exact) mass is 291 g/mol. The fourth-order valence-corrected chi connectivity index (χ4v) is 1.86. The summed E-state index contributed by atoms with van der Waals surface area (Å²) in [6.45, 7) is -0.150. The average Bonchev–Trinajstić information content (AvgIpc) is 2.28. The van der Waals surface area contributed by atoms with E-state index in [4.69, 9.17) is 33.0 Å². The van der Waals surface area contributed by atoms with Gasteiger partial charge in [0.05, 0.1) is 22.2 Å². The quantitative estimate of drug-likeness (QED) is 0.868. The average molecular weight is 292 g/mol. The van der Waals surface area contributed by atoms with Gasteiger partial charge >= 0.3 is 5.97 Å². The Bertz CT molecular complexity index is 444. The molecule has 0 bridgehead atoms. The van der Waals surface area contributed by atoms with Gasteiger partial charge in [-0.05, 0) is 12.1 Å². The number of aliphatic carboxylic acids is 1. The van der Waals surface area contributed by atoms with E-state index in [1.54, 1.807) is 6.07 Å². The maximum atomic E-state index is 11.9. The minimum Gasteiger partial charge on any atom is -0.480 e. The molecule has 98 valence electrons. The lowest BCUT2D eigenvalue weighted by Gasteiger charge is -2.14. The second kappa shape index (κ2) is 6.58. The van der Waals surface area contributed by atoms with Gasteiger partial charge in [-0.2, -0.15) is 0 Å². The molecule has 0 aliphatic rings. The Hall–Kier alpha value is -1.30. The fraction of sp³-hybridized carbons (Fsp3) is 0.273. The highest BCUT2D eigenvalue weighted by atomic mass is 35.5. The van der Waals surface area contributed by atoms with Crippen molar-refractivity contribution >= 4 is 35.1 Å². The molecule has 0 saturated heterocycles. The number of hydrogen-bond acceptors (Lipinski definition) is 3. The van der Waals surface area contributed by atoms with Crippen LogP contribution in [-0.2, 0) is 9.53 Å². The first kappa shape index (κ1) is 14.8. The third kappa shape index (κ3) is 3.60. The second-order valence-electron chi connectivity index (χ2n) is 3.42. The minimum absolute atomic E-state index is 0.0446. The molecule has 1 aromatic carbocycles. The van der Waals surface area contributed by atoms with Gasteiger partial charge in [0, 0.05) is 7.11 Å². The minimum atomic E-state index is -1.20. The van der Waals surface area contributed by atoms with Crippen molar-refractivity contribution in [3.05, 3.63) is 33.8 Å². The molecule has 1 rings (SSSR count). The molecule has 2 N–H and O–H groups in total. The van der Waals surface area contributed by atoms with E-state index < -0.39 is 17.9 Å². The Balaban J connectivity index is 2.90. The number of amides is 1. The Kier molecular flexibility index (Phi) is 5.40. The van der Waals surface area contributed by atoms with E-state index in [1.165, 1.54) is 19.2 Å². The summed E-state index contributed by atoms with van der Waals surface area (Å²) in [5.74, 6) is -1.86. The number of rotatable bonds is 5. The molecule has 5 nitrogen and oxygen atoms in total. The van der Waals surface area contributed by atoms with Crippen LogP contribution in [0.1, 0.15) is 10.4 Å². The second-order valence-corrected chi connectivity index (χ2v) is 4.23. The zero-order chi connectivity index (χ0) is 13.7. The molecule has 1 unspecified atom stereocenters. The maximum Gasteiger partial charge on any atom is 0.328 e. The SMILES string of the molecule is COCC(NC(=O)c1c(Cl)cccc1Cl)C(=O)O. The van der Waals surface area contributed by atoms with Crippen LogP contribution in [0.2, 0.25) is 10.0 Å². The molecular formula is C11H11Cl2NO4. The predicted octanol–water partition coefficient (Wildman–Crippen LogP) is 1.82. The van der Waals surface area contributed by atoms with Crippen LogP contribution in [0.4, 0.5) is 0 Å². The molecular weight excluding hydrogens is 281 g/mol. The summed E-state index contributed by atoms with van der Waals surface area (Å²) < 4.78 is 4.70. The highest BCUT2D eigenvalue weighted by Gasteiger charge is 2.23. The maximum absolute atomic E-state index is 11.9. The van der Waals surface area contributed by atoms with Gasteiger partial charge in [-0.3, -0.25) is 4.79 Å². The largest absolute Gasteiger partial charge is 0.480 e. The Labute approximate surface area is 114 Å². The van der Waals surface area contributed by atoms with E-state index in [0.29, 0.717) is 0 Å². The number of hydrogen-bond donors (Lipinski definition) is 2. The summed E-state index contributed by atoms with van der Waals surface area (Å²) >= 11 is 11.7. The van der Waals surface area contributed by atoms with Crippen molar-refractivity contribution in [2.45, 2.75) is 6.04 Å². The molecule has 1 atom stereocenters. The van der Waals surface area contributed by atoms with Crippen molar-refractivity contribution < 1.29 is 19.4 Å². The normalized spacial score (nSPS) is 11.9. The van der Waals surface area contributed by atoms with Crippen LogP contribution in [0.5, 0.6) is 0 Å². The summed E-state index contributed by atoms with van der Waals surface area (Å²) in [7, 11) is 1.34. The summed E-state index contributed by atoms with van der Waals surface area (Å²) in [5.41, 5.74) is 0.0446. The van der Waals surface area contributed by atoms with Crippen LogP contribution in [0.3, 0.4) is 0 Å². The van der Waals surface area contributed by atoms with Crippen LogP contribution < -0.4 is 5.32 Å². The number of carboxylic acid groups (broad SMARTS) is 1. The van der Waals surface area contributed by atoms with Crippen LogP contribution in [0.15, 0.2) is 18.2 Å². The zero-order valence-electron chi connectivity index (χ0n) is 9.44. The van der Waals surface area contributed by atoms with E-state index in [0.717, 1.165) is 0 Å². The molecule has 0 aromatic heterocycles. The van der Waals surface area contributed by atoms with Crippen LogP contribution in [-0.4, -0.2) is 36.7 Å². The molecule has 0 radical (unpaired) electrons. The first-order valence-corrected chi connectivity index (χ1v) is 5.69. The first-order chi connectivity index (χ1) is 8.47. The van der Waals surface area contributed by atoms with Gasteiger partial charge in [-0.15, -0.1) is 0 Å². The van der Waals surface area contributed by atoms with Gasteiger partial charge in [-0.1, -0.05) is 29.3 Å². The summed E-state index contributed by atoms with van der Waals surface area (Å²) in [5, 5.41) is 11.5. The predicted molar refractivity (Wildman–Crippen MR) is 67.2 cm³/mol. The Morgan fingerprint density at radius 1 is 1.39 bits per heavy atom. The van der Waals surface area contributed by atoms with Gasteiger partial charge < -0.3 is 15.2 Å². The highest BCUT2D eigenvalue weighted by Crippen LogP contribution is 2.24. The lowest BCUT2D eigenvalue weighted by molar-refractivity contribution is -0.140. The van der Waals surface area contributed by atoms with Crippen molar-refractivity contribution in [3.63, 3.8) is 0 Å². The molecule has 7 heteroatoms. The van der Waals surface area contributed by atoms with Crippen LogP contribution in [0, 0.1) is 0 Å². The van der Waals surface area contributed by atoms with Gasteiger partial charge in [-0.25, -0.2) is 4.79 Å². The Morgan fingerprint density at radius 3 is 2.39 bits per heavy atom. The van der Waals surface area contributed by atoms with E-state index in [9.17, 15) is 9.59 Å². The van der Waals surface area contributed by atoms with Gasteiger partial charge in [0.1, 0.15) is 0 Å². The molecule has 18 heavy (non-hydrogen) atoms. The van der Waals surface area contributed by atoms with E-state index in [-0.39, 0.29) is 22.2 Å². The Morgan fingerprint density at radius 2 is 1.94 bits per heavy atom. The van der Waals surface area contributed by atoms with E-state index in [1.807, 2.05) is 0 Å². The van der Waals surface area contributed by atoms with Crippen molar-refractivity contribution in [1.82, 2.24) is 5.32 Å². The lowest BCUT2D eigenvalue weighted by Crippen LogP contribution is -2.44. The number of benzene rings is 1. The molecule has 0 aliphatic carbocycles. The highest BCUT2D eigenvalue weighted by molar-refractivity contribution is 6.39. The molecule has 0 saturated carbocycles. The van der Waals surface area contributed by atoms with E-state index in [2.05, 4.69) is 5.32 Å². The molecule has 1 aromatic rings. The molecule has 0 heterocycles. The molecule has 0 aliphatic heterocycles. The smallest absolute Gasteiger partial charge is 0.328 e. The standard InChI is InChI=1S/C11H11Cl2NO4/c1-18-5-8(11(16)17)14-10(15)9-6(12)3-2-4-7(9)13/h2-4,8H,5H2,1H3,(H,14,15)(H,16,17). The van der Waals surface area contributed by atoms with Gasteiger partial charge in [0.25, 0.3) is 5.91 Å². The van der Waals surface area contributed by atoms with Crippen molar-refractivity contribution in [2.75, 3.05) is 13.7 Å². The lowest BCUT2D eigenvalue weighted by atomic mass is 10.2. The van der Waals surface area contributed by atoms with Gasteiger partial charge in [0.2, 0.25) is 0 Å². The number of ether oxygens (including phenoxy) is 1. The number of halogens is 2. The number of carboxylic acids is 1. The molecule has 1 amide bonds. The summed E-state index contributed by atoms with van der Waals surface area (Å²) in [6, 6.07) is 3.42. The number of methoxy groups -OCH3 is 1. The van der Waals surface area contributed by atoms with Crippen molar-refractivity contribution in [3.8, 4) is 0 Å². The third-order valence-electron chi connectivity index (χ3n) is 2.13. The molecule has 0 spiro atoms. The van der Waals surface area contributed by atoms with Gasteiger partial charge in [0.15, 0.2) is 6.04 Å². The third-order valence-corrected chi connectivity index (χ3v) is 2.76. The van der Waals surface area contributed by atoms with E-state index >= 15 is 0 Å². The number of carbonyl (C=O) groups is 2. The summed E-state index contributed by atoms with van der Waals surface area (Å²) in [6.07, 6.45) is 0. The zero-order valence-corrected chi connectivity index (χ0v) is 11.0. The fourth-order valence-electron chi connectivity index (χ4n) is 1.29. The summed E-state index contributed by atoms with van der Waals surface area (Å²) in [4.78, 5) is 22.7. The first-order valence-electron chi connectivity index (χ1n) is 4.94.